The van der Waals surface area contributed by atoms with Gasteiger partial charge in [0, 0.05) is 21.5 Å². The van der Waals surface area contributed by atoms with Crippen molar-refractivity contribution in [1.82, 2.24) is 10.4 Å². The fraction of sp³-hybridized carbons (Fsp3) is 0.0333. The van der Waals surface area contributed by atoms with E-state index in [2.05, 4.69) is 15.5 Å². The molecule has 0 saturated heterocycles. The van der Waals surface area contributed by atoms with Gasteiger partial charge >= 0.3 is 5.97 Å². The molecule has 0 spiro atoms. The molecule has 0 fully saturated rings. The van der Waals surface area contributed by atoms with Gasteiger partial charge in [-0.15, -0.1) is 0 Å². The molecular weight excluding hydrogens is 537 g/mol. The van der Waals surface area contributed by atoms with Crippen LogP contribution in [0.15, 0.2) is 96.1 Å². The van der Waals surface area contributed by atoms with Gasteiger partial charge in [0.15, 0.2) is 11.5 Å². The zero-order valence-electron chi connectivity index (χ0n) is 20.6. The third-order valence-corrected chi connectivity index (χ3v) is 6.46. The SMILES string of the molecule is COc1cc(C=NNC(=O)c2[nH]c3ccccc3c2-c2ccccc2)ccc1OC(=O)c1ccc(Cl)cc1Cl. The van der Waals surface area contributed by atoms with Crippen molar-refractivity contribution in [2.45, 2.75) is 0 Å². The summed E-state index contributed by atoms with van der Waals surface area (Å²) in [6, 6.07) is 26.8. The van der Waals surface area contributed by atoms with Crippen LogP contribution in [0.3, 0.4) is 0 Å². The Kier molecular flexibility index (Phi) is 7.63. The number of para-hydroxylation sites is 1. The average molecular weight is 558 g/mol. The van der Waals surface area contributed by atoms with E-state index in [1.54, 1.807) is 24.3 Å². The Morgan fingerprint density at radius 3 is 2.44 bits per heavy atom. The van der Waals surface area contributed by atoms with Gasteiger partial charge in [0.05, 0.1) is 23.9 Å². The Bertz CT molecular complexity index is 1710. The molecule has 9 heteroatoms. The summed E-state index contributed by atoms with van der Waals surface area (Å²) in [6.07, 6.45) is 1.47. The van der Waals surface area contributed by atoms with E-state index in [1.165, 1.54) is 25.5 Å². The summed E-state index contributed by atoms with van der Waals surface area (Å²) in [5.41, 5.74) is 6.32. The third kappa shape index (κ3) is 5.65. The minimum absolute atomic E-state index is 0.170. The standard InChI is InChI=1S/C30H21Cl2N3O4/c1-38-26-15-18(11-14-25(26)39-30(37)21-13-12-20(31)16-23(21)32)17-33-35-29(36)28-27(19-7-3-2-4-8-19)22-9-5-6-10-24(22)34-28/h2-17,34H,1H3,(H,35,36). The van der Waals surface area contributed by atoms with E-state index in [9.17, 15) is 9.59 Å². The van der Waals surface area contributed by atoms with Gasteiger partial charge in [-0.2, -0.15) is 5.10 Å². The molecule has 0 aliphatic heterocycles. The fourth-order valence-corrected chi connectivity index (χ4v) is 4.58. The van der Waals surface area contributed by atoms with E-state index in [1.807, 2.05) is 54.6 Å². The Morgan fingerprint density at radius 2 is 1.67 bits per heavy atom. The first kappa shape index (κ1) is 26.0. The van der Waals surface area contributed by atoms with Crippen LogP contribution in [0.2, 0.25) is 10.0 Å². The van der Waals surface area contributed by atoms with E-state index in [4.69, 9.17) is 32.7 Å². The van der Waals surface area contributed by atoms with Gasteiger partial charge in [0.1, 0.15) is 5.69 Å². The molecule has 1 heterocycles. The Labute approximate surface area is 234 Å². The molecule has 0 aliphatic carbocycles. The molecule has 1 aromatic heterocycles. The highest BCUT2D eigenvalue weighted by Gasteiger charge is 2.19. The molecule has 7 nitrogen and oxygen atoms in total. The van der Waals surface area contributed by atoms with Crippen molar-refractivity contribution in [1.29, 1.82) is 0 Å². The van der Waals surface area contributed by atoms with Crippen molar-refractivity contribution in [2.75, 3.05) is 7.11 Å². The second-order valence-electron chi connectivity index (χ2n) is 8.41. The van der Waals surface area contributed by atoms with Gasteiger partial charge in [0.2, 0.25) is 0 Å². The second kappa shape index (κ2) is 11.4. The summed E-state index contributed by atoms with van der Waals surface area (Å²) < 4.78 is 10.9. The van der Waals surface area contributed by atoms with Gasteiger partial charge in [-0.1, -0.05) is 71.7 Å². The lowest BCUT2D eigenvalue weighted by atomic mass is 10.0. The molecule has 2 N–H and O–H groups in total. The number of rotatable bonds is 7. The molecular formula is C30H21Cl2N3O4. The monoisotopic (exact) mass is 557 g/mol. The van der Waals surface area contributed by atoms with E-state index in [-0.39, 0.29) is 16.3 Å². The number of ether oxygens (including phenoxy) is 2. The molecule has 0 unspecified atom stereocenters. The highest BCUT2D eigenvalue weighted by molar-refractivity contribution is 6.36. The molecule has 5 rings (SSSR count). The van der Waals surface area contributed by atoms with Gasteiger partial charge < -0.3 is 14.5 Å². The molecule has 39 heavy (non-hydrogen) atoms. The zero-order valence-corrected chi connectivity index (χ0v) is 22.1. The molecule has 0 atom stereocenters. The van der Waals surface area contributed by atoms with Crippen molar-refractivity contribution in [3.05, 3.63) is 118 Å². The lowest BCUT2D eigenvalue weighted by Gasteiger charge is -2.10. The summed E-state index contributed by atoms with van der Waals surface area (Å²) in [7, 11) is 1.45. The molecule has 5 aromatic rings. The number of hydrogen-bond donors (Lipinski definition) is 2. The molecule has 0 bridgehead atoms. The van der Waals surface area contributed by atoms with Crippen molar-refractivity contribution in [3.8, 4) is 22.6 Å². The van der Waals surface area contributed by atoms with E-state index in [0.29, 0.717) is 22.0 Å². The summed E-state index contributed by atoms with van der Waals surface area (Å²) in [6.45, 7) is 0. The smallest absolute Gasteiger partial charge is 0.345 e. The number of fused-ring (bicyclic) bond motifs is 1. The first-order chi connectivity index (χ1) is 18.9. The average Bonchev–Trinajstić information content (AvgIpc) is 3.34. The Balaban J connectivity index is 1.33. The van der Waals surface area contributed by atoms with Gasteiger partial charge in [-0.25, -0.2) is 10.2 Å². The number of H-pyrrole nitrogens is 1. The van der Waals surface area contributed by atoms with Crippen molar-refractivity contribution in [3.63, 3.8) is 0 Å². The number of benzene rings is 4. The van der Waals surface area contributed by atoms with Crippen LogP contribution in [0.1, 0.15) is 26.4 Å². The maximum Gasteiger partial charge on any atom is 0.345 e. The molecule has 4 aromatic carbocycles. The summed E-state index contributed by atoms with van der Waals surface area (Å²) in [4.78, 5) is 28.9. The maximum absolute atomic E-state index is 13.1. The number of carbonyl (C=O) groups is 2. The number of amides is 1. The number of methoxy groups -OCH3 is 1. The van der Waals surface area contributed by atoms with Crippen molar-refractivity contribution >= 4 is 52.2 Å². The van der Waals surface area contributed by atoms with Crippen molar-refractivity contribution < 1.29 is 19.1 Å². The van der Waals surface area contributed by atoms with E-state index < -0.39 is 11.9 Å². The fourth-order valence-electron chi connectivity index (χ4n) is 4.10. The maximum atomic E-state index is 13.1. The highest BCUT2D eigenvalue weighted by atomic mass is 35.5. The lowest BCUT2D eigenvalue weighted by molar-refractivity contribution is 0.0729. The summed E-state index contributed by atoms with van der Waals surface area (Å²) in [5.74, 6) is -0.555. The molecule has 1 amide bonds. The Hall–Kier alpha value is -4.59. The number of aromatic nitrogens is 1. The molecule has 0 aliphatic rings. The minimum atomic E-state index is -0.656. The van der Waals surface area contributed by atoms with Crippen LogP contribution in [-0.4, -0.2) is 30.2 Å². The largest absolute Gasteiger partial charge is 0.493 e. The van der Waals surface area contributed by atoms with Crippen LogP contribution < -0.4 is 14.9 Å². The third-order valence-electron chi connectivity index (χ3n) is 5.92. The summed E-state index contributed by atoms with van der Waals surface area (Å²) in [5, 5.41) is 5.64. The number of nitrogens with one attached hydrogen (secondary N) is 2. The van der Waals surface area contributed by atoms with E-state index in [0.717, 1.165) is 22.0 Å². The highest BCUT2D eigenvalue weighted by Crippen LogP contribution is 2.33. The van der Waals surface area contributed by atoms with Crippen LogP contribution in [-0.2, 0) is 0 Å². The van der Waals surface area contributed by atoms with E-state index >= 15 is 0 Å². The number of halogens is 2. The first-order valence-electron chi connectivity index (χ1n) is 11.8. The van der Waals surface area contributed by atoms with Crippen LogP contribution in [0.25, 0.3) is 22.0 Å². The second-order valence-corrected chi connectivity index (χ2v) is 9.25. The molecule has 0 saturated carbocycles. The number of nitrogens with zero attached hydrogens (tertiary/aromatic N) is 1. The number of hydrazone groups is 1. The van der Waals surface area contributed by atoms with Crippen molar-refractivity contribution in [2.24, 2.45) is 5.10 Å². The van der Waals surface area contributed by atoms with Crippen LogP contribution in [0, 0.1) is 0 Å². The van der Waals surface area contributed by atoms with Gasteiger partial charge in [-0.3, -0.25) is 4.79 Å². The van der Waals surface area contributed by atoms with Crippen LogP contribution in [0.4, 0.5) is 0 Å². The van der Waals surface area contributed by atoms with Gasteiger partial charge in [0.25, 0.3) is 5.91 Å². The number of esters is 1. The normalized spacial score (nSPS) is 11.1. The summed E-state index contributed by atoms with van der Waals surface area (Å²) >= 11 is 12.0. The first-order valence-corrected chi connectivity index (χ1v) is 12.5. The predicted molar refractivity (Wildman–Crippen MR) is 153 cm³/mol. The lowest BCUT2D eigenvalue weighted by Crippen LogP contribution is -2.18. The zero-order chi connectivity index (χ0) is 27.4. The Morgan fingerprint density at radius 1 is 0.897 bits per heavy atom. The minimum Gasteiger partial charge on any atom is -0.493 e. The molecule has 194 valence electrons. The van der Waals surface area contributed by atoms with Crippen LogP contribution in [0.5, 0.6) is 11.5 Å². The predicted octanol–water partition coefficient (Wildman–Crippen LogP) is 7.13. The number of hydrogen-bond acceptors (Lipinski definition) is 5. The quantitative estimate of drug-likeness (QED) is 0.0962. The number of aromatic amines is 1. The molecule has 0 radical (unpaired) electrons. The number of carbonyl (C=O) groups excluding carboxylic acids is 2. The van der Waals surface area contributed by atoms with Gasteiger partial charge in [-0.05, 0) is 53.6 Å². The van der Waals surface area contributed by atoms with Crippen LogP contribution >= 0.6 is 23.2 Å². The topological polar surface area (TPSA) is 92.8 Å².